The fraction of sp³-hybridized carbons (Fsp3) is 0.500. The van der Waals surface area contributed by atoms with Gasteiger partial charge in [0, 0.05) is 13.6 Å². The zero-order valence-corrected chi connectivity index (χ0v) is 7.46. The molecule has 12 heavy (non-hydrogen) atoms. The molecule has 4 heteroatoms. The molecule has 0 fully saturated rings. The van der Waals surface area contributed by atoms with E-state index in [1.165, 1.54) is 0 Å². The van der Waals surface area contributed by atoms with Crippen molar-refractivity contribution in [2.45, 2.75) is 13.3 Å². The molecule has 0 aliphatic heterocycles. The van der Waals surface area contributed by atoms with Crippen molar-refractivity contribution in [3.05, 3.63) is 12.4 Å². The number of aromatic nitrogens is 2. The number of rotatable bonds is 4. The Morgan fingerprint density at radius 2 is 2.08 bits per heavy atom. The minimum absolute atomic E-state index is 0.788. The molecule has 0 spiro atoms. The molecule has 0 bridgehead atoms. The van der Waals surface area contributed by atoms with E-state index in [0.29, 0.717) is 0 Å². The summed E-state index contributed by atoms with van der Waals surface area (Å²) in [6.45, 7) is 3.05. The van der Waals surface area contributed by atoms with E-state index in [-0.39, 0.29) is 0 Å². The van der Waals surface area contributed by atoms with Crippen LogP contribution in [0.3, 0.4) is 0 Å². The monoisotopic (exact) mass is 166 g/mol. The summed E-state index contributed by atoms with van der Waals surface area (Å²) in [6.07, 6.45) is 4.50. The normalized spacial score (nSPS) is 9.50. The van der Waals surface area contributed by atoms with E-state index in [2.05, 4.69) is 27.5 Å². The van der Waals surface area contributed by atoms with Gasteiger partial charge in [-0.3, -0.25) is 4.98 Å². The summed E-state index contributed by atoms with van der Waals surface area (Å²) in [4.78, 5) is 8.26. The molecule has 1 heterocycles. The highest BCUT2D eigenvalue weighted by atomic mass is 15.1. The summed E-state index contributed by atoms with van der Waals surface area (Å²) in [5, 5.41) is 6.09. The zero-order valence-electron chi connectivity index (χ0n) is 7.46. The molecule has 1 rings (SSSR count). The summed E-state index contributed by atoms with van der Waals surface area (Å²) in [5.74, 6) is 1.61. The van der Waals surface area contributed by atoms with Crippen molar-refractivity contribution in [1.29, 1.82) is 0 Å². The Balaban J connectivity index is 2.60. The first-order valence-electron chi connectivity index (χ1n) is 4.10. The minimum Gasteiger partial charge on any atom is -0.372 e. The number of hydrogen-bond donors (Lipinski definition) is 2. The van der Waals surface area contributed by atoms with Crippen LogP contribution < -0.4 is 10.6 Å². The lowest BCUT2D eigenvalue weighted by molar-refractivity contribution is 0.965. The molecule has 0 radical (unpaired) electrons. The SMILES string of the molecule is CCCNc1cncc(NC)n1. The molecule has 0 aliphatic carbocycles. The van der Waals surface area contributed by atoms with Crippen molar-refractivity contribution in [2.75, 3.05) is 24.2 Å². The number of nitrogens with one attached hydrogen (secondary N) is 2. The van der Waals surface area contributed by atoms with Crippen LogP contribution in [-0.4, -0.2) is 23.6 Å². The molecule has 1 aromatic rings. The van der Waals surface area contributed by atoms with Crippen molar-refractivity contribution in [3.8, 4) is 0 Å². The predicted octanol–water partition coefficient (Wildman–Crippen LogP) is 1.34. The molecular formula is C8H14N4. The largest absolute Gasteiger partial charge is 0.372 e. The second-order valence-corrected chi connectivity index (χ2v) is 2.47. The highest BCUT2D eigenvalue weighted by molar-refractivity contribution is 5.40. The maximum atomic E-state index is 4.24. The minimum atomic E-state index is 0.788. The standard InChI is InChI=1S/C8H14N4/c1-3-4-11-8-6-10-5-7(9-2)12-8/h5-6H,3-4H2,1-2H3,(H2,9,11,12). The van der Waals surface area contributed by atoms with Crippen LogP contribution in [0.2, 0.25) is 0 Å². The van der Waals surface area contributed by atoms with Gasteiger partial charge in [-0.15, -0.1) is 0 Å². The van der Waals surface area contributed by atoms with Gasteiger partial charge in [-0.2, -0.15) is 0 Å². The Morgan fingerprint density at radius 3 is 2.75 bits per heavy atom. The van der Waals surface area contributed by atoms with Crippen LogP contribution in [0.1, 0.15) is 13.3 Å². The second kappa shape index (κ2) is 4.54. The van der Waals surface area contributed by atoms with Crippen molar-refractivity contribution >= 4 is 11.6 Å². The lowest BCUT2D eigenvalue weighted by Crippen LogP contribution is -2.03. The van der Waals surface area contributed by atoms with Crippen molar-refractivity contribution in [3.63, 3.8) is 0 Å². The van der Waals surface area contributed by atoms with E-state index in [1.54, 1.807) is 12.4 Å². The van der Waals surface area contributed by atoms with Gasteiger partial charge in [-0.05, 0) is 6.42 Å². The van der Waals surface area contributed by atoms with Crippen LogP contribution >= 0.6 is 0 Å². The first-order valence-corrected chi connectivity index (χ1v) is 4.10. The van der Waals surface area contributed by atoms with Gasteiger partial charge in [-0.1, -0.05) is 6.92 Å². The average Bonchev–Trinajstić information content (AvgIpc) is 2.15. The fourth-order valence-electron chi connectivity index (χ4n) is 0.825. The van der Waals surface area contributed by atoms with Crippen LogP contribution in [0.15, 0.2) is 12.4 Å². The maximum absolute atomic E-state index is 4.24. The predicted molar refractivity (Wildman–Crippen MR) is 50.4 cm³/mol. The highest BCUT2D eigenvalue weighted by Gasteiger charge is 1.93. The van der Waals surface area contributed by atoms with Gasteiger partial charge < -0.3 is 10.6 Å². The third-order valence-electron chi connectivity index (χ3n) is 1.45. The van der Waals surface area contributed by atoms with Gasteiger partial charge in [0.2, 0.25) is 0 Å². The molecule has 66 valence electrons. The van der Waals surface area contributed by atoms with Crippen molar-refractivity contribution in [2.24, 2.45) is 0 Å². The van der Waals surface area contributed by atoms with Gasteiger partial charge in [-0.25, -0.2) is 4.98 Å². The van der Waals surface area contributed by atoms with E-state index in [4.69, 9.17) is 0 Å². The van der Waals surface area contributed by atoms with Crippen LogP contribution in [0.4, 0.5) is 11.6 Å². The lowest BCUT2D eigenvalue weighted by Gasteiger charge is -2.04. The Bertz CT molecular complexity index is 236. The van der Waals surface area contributed by atoms with E-state index in [1.807, 2.05) is 7.05 Å². The molecule has 0 amide bonds. The van der Waals surface area contributed by atoms with Crippen LogP contribution in [-0.2, 0) is 0 Å². The summed E-state index contributed by atoms with van der Waals surface area (Å²) in [7, 11) is 1.83. The summed E-state index contributed by atoms with van der Waals surface area (Å²) in [5.41, 5.74) is 0. The third kappa shape index (κ3) is 2.38. The van der Waals surface area contributed by atoms with Gasteiger partial charge >= 0.3 is 0 Å². The molecular weight excluding hydrogens is 152 g/mol. The van der Waals surface area contributed by atoms with Gasteiger partial charge in [0.25, 0.3) is 0 Å². The number of nitrogens with zero attached hydrogens (tertiary/aromatic N) is 2. The van der Waals surface area contributed by atoms with E-state index in [0.717, 1.165) is 24.6 Å². The van der Waals surface area contributed by atoms with E-state index in [9.17, 15) is 0 Å². The Morgan fingerprint density at radius 1 is 1.33 bits per heavy atom. The molecule has 0 atom stereocenters. The number of hydrogen-bond acceptors (Lipinski definition) is 4. The maximum Gasteiger partial charge on any atom is 0.146 e. The van der Waals surface area contributed by atoms with Crippen molar-refractivity contribution in [1.82, 2.24) is 9.97 Å². The van der Waals surface area contributed by atoms with Crippen LogP contribution in [0, 0.1) is 0 Å². The molecule has 4 nitrogen and oxygen atoms in total. The zero-order chi connectivity index (χ0) is 8.81. The van der Waals surface area contributed by atoms with Crippen molar-refractivity contribution < 1.29 is 0 Å². The Hall–Kier alpha value is -1.32. The first-order chi connectivity index (χ1) is 5.86. The quantitative estimate of drug-likeness (QED) is 0.708. The lowest BCUT2D eigenvalue weighted by atomic mass is 10.5. The second-order valence-electron chi connectivity index (χ2n) is 2.47. The summed E-state index contributed by atoms with van der Waals surface area (Å²) >= 11 is 0. The van der Waals surface area contributed by atoms with Crippen LogP contribution in [0.5, 0.6) is 0 Å². The van der Waals surface area contributed by atoms with E-state index >= 15 is 0 Å². The topological polar surface area (TPSA) is 49.8 Å². The third-order valence-corrected chi connectivity index (χ3v) is 1.45. The fourth-order valence-corrected chi connectivity index (χ4v) is 0.825. The molecule has 1 aromatic heterocycles. The van der Waals surface area contributed by atoms with E-state index < -0.39 is 0 Å². The Labute approximate surface area is 72.4 Å². The smallest absolute Gasteiger partial charge is 0.146 e. The summed E-state index contributed by atoms with van der Waals surface area (Å²) in [6, 6.07) is 0. The molecule has 0 aliphatic rings. The molecule has 0 saturated carbocycles. The molecule has 0 unspecified atom stereocenters. The molecule has 0 saturated heterocycles. The van der Waals surface area contributed by atoms with Gasteiger partial charge in [0.15, 0.2) is 0 Å². The first kappa shape index (κ1) is 8.77. The summed E-state index contributed by atoms with van der Waals surface area (Å²) < 4.78 is 0. The highest BCUT2D eigenvalue weighted by Crippen LogP contribution is 2.04. The van der Waals surface area contributed by atoms with Crippen LogP contribution in [0.25, 0.3) is 0 Å². The molecule has 0 aromatic carbocycles. The number of anilines is 2. The van der Waals surface area contributed by atoms with Gasteiger partial charge in [0.1, 0.15) is 11.6 Å². The van der Waals surface area contributed by atoms with Gasteiger partial charge in [0.05, 0.1) is 12.4 Å². The Kier molecular flexibility index (Phi) is 3.32. The average molecular weight is 166 g/mol. The molecule has 2 N–H and O–H groups in total.